The Hall–Kier alpha value is -2.43. The van der Waals surface area contributed by atoms with Crippen LogP contribution >= 0.6 is 11.6 Å². The Balaban J connectivity index is 1.21. The molecule has 8 unspecified atom stereocenters. The van der Waals surface area contributed by atoms with Crippen molar-refractivity contribution in [2.45, 2.75) is 70.1 Å². The quantitative estimate of drug-likeness (QED) is 0.363. The Labute approximate surface area is 306 Å². The zero-order chi connectivity index (χ0) is 34.8. The van der Waals surface area contributed by atoms with E-state index < -0.39 is 11.0 Å². The van der Waals surface area contributed by atoms with Crippen molar-refractivity contribution in [3.8, 4) is 5.75 Å². The van der Waals surface area contributed by atoms with E-state index in [0.717, 1.165) is 94.7 Å². The van der Waals surface area contributed by atoms with Crippen LogP contribution in [0.25, 0.3) is 0 Å². The van der Waals surface area contributed by atoms with Crippen LogP contribution in [0.4, 0.5) is 5.69 Å². The lowest BCUT2D eigenvalue weighted by atomic mass is 9.66. The van der Waals surface area contributed by atoms with E-state index in [0.29, 0.717) is 36.0 Å². The van der Waals surface area contributed by atoms with E-state index in [1.807, 2.05) is 31.2 Å². The average molecular weight is 723 g/mol. The molecule has 0 spiro atoms. The molecule has 4 aliphatic heterocycles. The molecule has 5 aliphatic rings. The number of hydrogen-bond donors (Lipinski definition) is 1. The summed E-state index contributed by atoms with van der Waals surface area (Å²) >= 11 is 6.49. The molecule has 2 aromatic rings. The topological polar surface area (TPSA) is 74.3 Å². The molecule has 1 amide bonds. The van der Waals surface area contributed by atoms with Gasteiger partial charge in [0.2, 0.25) is 0 Å². The summed E-state index contributed by atoms with van der Waals surface area (Å²) in [6.07, 6.45) is 10.1. The van der Waals surface area contributed by atoms with Crippen LogP contribution in [0.15, 0.2) is 48.6 Å². The van der Waals surface area contributed by atoms with E-state index in [-0.39, 0.29) is 23.0 Å². The molecule has 1 N–H and O–H groups in total. The number of ether oxygens (including phenoxy) is 2. The van der Waals surface area contributed by atoms with Crippen LogP contribution in [0.5, 0.6) is 5.75 Å². The number of rotatable bonds is 5. The predicted octanol–water partition coefficient (Wildman–Crippen LogP) is 6.31. The van der Waals surface area contributed by atoms with Gasteiger partial charge in [-0.3, -0.25) is 19.3 Å². The van der Waals surface area contributed by atoms with Crippen molar-refractivity contribution in [1.29, 1.82) is 0 Å². The zero-order valence-corrected chi connectivity index (χ0v) is 31.6. The maximum absolute atomic E-state index is 13.5. The first-order valence-electron chi connectivity index (χ1n) is 19.0. The van der Waals surface area contributed by atoms with Gasteiger partial charge in [0.1, 0.15) is 16.7 Å². The molecule has 1 saturated carbocycles. The highest BCUT2D eigenvalue weighted by Crippen LogP contribution is 2.45. The third-order valence-corrected chi connectivity index (χ3v) is 14.0. The Kier molecular flexibility index (Phi) is 11.6. The number of halogens is 1. The molecular formula is C40H55ClN4O4S. The number of piperazine rings is 1. The number of carbonyl (C=O) groups is 1. The van der Waals surface area contributed by atoms with Crippen molar-refractivity contribution in [3.05, 3.63) is 70.3 Å². The zero-order valence-electron chi connectivity index (χ0n) is 30.0. The summed E-state index contributed by atoms with van der Waals surface area (Å²) in [7, 11) is -1.50. The van der Waals surface area contributed by atoms with Crippen molar-refractivity contribution in [3.63, 3.8) is 0 Å². The van der Waals surface area contributed by atoms with Crippen LogP contribution in [0.3, 0.4) is 0 Å². The normalized spacial score (nSPS) is 33.2. The second-order valence-electron chi connectivity index (χ2n) is 15.5. The minimum absolute atomic E-state index is 0.155. The fourth-order valence-corrected chi connectivity index (χ4v) is 10.1. The summed E-state index contributed by atoms with van der Waals surface area (Å²) in [4.78, 5) is 21.3. The number of nitrogens with zero attached hydrogens (tertiary/aromatic N) is 3. The SMILES string of the molecule is CCCc1cc(Cl)ccc1C1COc2ccc3cc2N(C1)CC1CCC1C(CN1CCN2CCOCC2C1)/C=C/CC(C)C(C)S(=O)NC3=O. The summed E-state index contributed by atoms with van der Waals surface area (Å²) in [5, 5.41) is 0.592. The molecule has 2 bridgehead atoms. The van der Waals surface area contributed by atoms with Crippen molar-refractivity contribution in [2.24, 2.45) is 23.7 Å². The van der Waals surface area contributed by atoms with Gasteiger partial charge >= 0.3 is 0 Å². The number of morpholine rings is 1. The number of amides is 1. The Morgan fingerprint density at radius 1 is 1.02 bits per heavy atom. The van der Waals surface area contributed by atoms with Crippen LogP contribution in [0.1, 0.15) is 73.9 Å². The molecule has 272 valence electrons. The van der Waals surface area contributed by atoms with Crippen molar-refractivity contribution in [2.75, 3.05) is 70.5 Å². The molecule has 0 radical (unpaired) electrons. The Morgan fingerprint density at radius 2 is 1.90 bits per heavy atom. The van der Waals surface area contributed by atoms with Crippen molar-refractivity contribution in [1.82, 2.24) is 14.5 Å². The predicted molar refractivity (Wildman–Crippen MR) is 203 cm³/mol. The number of carbonyl (C=O) groups excluding carboxylic acids is 1. The Bertz CT molecular complexity index is 1570. The van der Waals surface area contributed by atoms with Crippen LogP contribution in [0.2, 0.25) is 5.02 Å². The van der Waals surface area contributed by atoms with Gasteiger partial charge in [-0.2, -0.15) is 0 Å². The number of benzene rings is 2. The van der Waals surface area contributed by atoms with E-state index in [9.17, 15) is 9.00 Å². The van der Waals surface area contributed by atoms with Gasteiger partial charge in [0.15, 0.2) is 0 Å². The number of aryl methyl sites for hydroxylation is 1. The molecule has 10 heteroatoms. The van der Waals surface area contributed by atoms with Gasteiger partial charge in [-0.25, -0.2) is 4.21 Å². The highest BCUT2D eigenvalue weighted by molar-refractivity contribution is 7.84. The largest absolute Gasteiger partial charge is 0.491 e. The molecular weight excluding hydrogens is 668 g/mol. The smallest absolute Gasteiger partial charge is 0.263 e. The fourth-order valence-electron chi connectivity index (χ4n) is 8.85. The van der Waals surface area contributed by atoms with Gasteiger partial charge in [-0.1, -0.05) is 50.1 Å². The van der Waals surface area contributed by atoms with Crippen molar-refractivity contribution < 1.29 is 18.5 Å². The molecule has 7 rings (SSSR count). The lowest BCUT2D eigenvalue weighted by molar-refractivity contribution is -0.0492. The fraction of sp³-hybridized carbons (Fsp3) is 0.625. The summed E-state index contributed by atoms with van der Waals surface area (Å²) in [6.45, 7) is 15.7. The molecule has 0 aromatic heterocycles. The molecule has 2 saturated heterocycles. The summed E-state index contributed by atoms with van der Waals surface area (Å²) in [6, 6.07) is 12.5. The number of anilines is 1. The van der Waals surface area contributed by atoms with Gasteiger partial charge in [0, 0.05) is 68.4 Å². The maximum Gasteiger partial charge on any atom is 0.263 e. The first-order chi connectivity index (χ1) is 24.3. The van der Waals surface area contributed by atoms with E-state index in [1.54, 1.807) is 0 Å². The van der Waals surface area contributed by atoms with Gasteiger partial charge in [-0.15, -0.1) is 0 Å². The standard InChI is InChI=1S/C40H55ClN4O4S/c1-4-6-29-19-34(41)11-13-36(29)33-23-45-22-32-9-12-37(32)31(21-43-15-16-44-17-18-48-26-35(44)24-43)8-5-7-27(2)28(3)50(47)42-40(46)30-10-14-39(49-25-33)38(45)20-30/h5,8,10-11,13-14,19-20,27-28,31-33,35,37H,4,6-7,9,12,15-18,21-26H2,1-3H3,(H,42,46)/b8-5+. The molecule has 50 heavy (non-hydrogen) atoms. The van der Waals surface area contributed by atoms with Crippen molar-refractivity contribution >= 4 is 34.2 Å². The third-order valence-electron chi connectivity index (χ3n) is 12.2. The Morgan fingerprint density at radius 3 is 2.72 bits per heavy atom. The second kappa shape index (κ2) is 16.1. The van der Waals surface area contributed by atoms with Crippen LogP contribution in [-0.2, 0) is 22.1 Å². The minimum atomic E-state index is -1.50. The van der Waals surface area contributed by atoms with Crippen LogP contribution in [0, 0.1) is 23.7 Å². The van der Waals surface area contributed by atoms with E-state index in [4.69, 9.17) is 21.1 Å². The van der Waals surface area contributed by atoms with Crippen LogP contribution in [-0.4, -0.2) is 96.8 Å². The molecule has 3 fully saturated rings. The first-order valence-corrected chi connectivity index (χ1v) is 20.6. The van der Waals surface area contributed by atoms with Gasteiger partial charge in [0.25, 0.3) is 5.91 Å². The number of fused-ring (bicyclic) bond motifs is 3. The molecule has 4 heterocycles. The lowest BCUT2D eigenvalue weighted by Crippen LogP contribution is -2.59. The molecule has 1 aliphatic carbocycles. The van der Waals surface area contributed by atoms with Crippen LogP contribution < -0.4 is 14.4 Å². The van der Waals surface area contributed by atoms with Gasteiger partial charge in [-0.05, 0) is 97.7 Å². The highest BCUT2D eigenvalue weighted by Gasteiger charge is 2.40. The third kappa shape index (κ3) is 7.97. The average Bonchev–Trinajstić information content (AvgIpc) is 3.28. The molecule has 2 aromatic carbocycles. The number of nitrogens with one attached hydrogen (secondary N) is 1. The lowest BCUT2D eigenvalue weighted by Gasteiger charge is -2.48. The number of hydrogen-bond acceptors (Lipinski definition) is 7. The summed E-state index contributed by atoms with van der Waals surface area (Å²) in [5.41, 5.74) is 4.05. The second-order valence-corrected chi connectivity index (χ2v) is 17.4. The van der Waals surface area contributed by atoms with Gasteiger partial charge in [0.05, 0.1) is 30.8 Å². The van der Waals surface area contributed by atoms with Gasteiger partial charge < -0.3 is 14.4 Å². The van der Waals surface area contributed by atoms with E-state index in [1.165, 1.54) is 24.0 Å². The number of allylic oxidation sites excluding steroid dienone is 1. The minimum Gasteiger partial charge on any atom is -0.491 e. The van der Waals surface area contributed by atoms with E-state index >= 15 is 0 Å². The molecule has 8 nitrogen and oxygen atoms in total. The molecule has 8 atom stereocenters. The summed E-state index contributed by atoms with van der Waals surface area (Å²) in [5.74, 6) is 2.38. The summed E-state index contributed by atoms with van der Waals surface area (Å²) < 4.78 is 28.7. The first kappa shape index (κ1) is 36.0. The maximum atomic E-state index is 13.5. The van der Waals surface area contributed by atoms with E-state index in [2.05, 4.69) is 57.6 Å². The highest BCUT2D eigenvalue weighted by atomic mass is 35.5. The monoisotopic (exact) mass is 722 g/mol.